The third kappa shape index (κ3) is 9.18. The number of aryl methyl sites for hydroxylation is 1. The molecule has 2 aromatic carbocycles. The van der Waals surface area contributed by atoms with Gasteiger partial charge in [0.2, 0.25) is 11.8 Å². The minimum atomic E-state index is -0.870. The van der Waals surface area contributed by atoms with Gasteiger partial charge in [0.15, 0.2) is 18.2 Å². The number of anilines is 2. The summed E-state index contributed by atoms with van der Waals surface area (Å²) in [5.74, 6) is -0.383. The van der Waals surface area contributed by atoms with Crippen LogP contribution < -0.4 is 20.3 Å². The van der Waals surface area contributed by atoms with Crippen LogP contribution in [-0.4, -0.2) is 140 Å². The summed E-state index contributed by atoms with van der Waals surface area (Å²) in [7, 11) is 0. The lowest BCUT2D eigenvalue weighted by Crippen LogP contribution is -2.62. The van der Waals surface area contributed by atoms with Crippen LogP contribution in [0.2, 0.25) is 0 Å². The molecular formula is C48H58N10O7S. The number of piperazine rings is 1. The van der Waals surface area contributed by atoms with Gasteiger partial charge >= 0.3 is 0 Å². The molecule has 0 radical (unpaired) electrons. The summed E-state index contributed by atoms with van der Waals surface area (Å²) in [6.45, 7) is 14.1. The second-order valence-electron chi connectivity index (χ2n) is 18.5. The molecule has 4 aliphatic rings. The number of para-hydroxylation sites is 1. The van der Waals surface area contributed by atoms with Gasteiger partial charge < -0.3 is 44.8 Å². The molecule has 0 bridgehead atoms. The minimum absolute atomic E-state index is 0.0133. The normalized spacial score (nSPS) is 22.9. The number of phenolic OH excluding ortho intramolecular Hbond substituents is 1. The molecule has 7 heterocycles. The van der Waals surface area contributed by atoms with Crippen molar-refractivity contribution in [2.75, 3.05) is 62.6 Å². The van der Waals surface area contributed by atoms with Gasteiger partial charge in [0.05, 0.1) is 45.7 Å². The van der Waals surface area contributed by atoms with Gasteiger partial charge in [-0.15, -0.1) is 21.5 Å². The van der Waals surface area contributed by atoms with Crippen molar-refractivity contribution in [3.63, 3.8) is 0 Å². The fraction of sp³-hybridized carbons (Fsp3) is 0.479. The minimum Gasteiger partial charge on any atom is -0.507 e. The summed E-state index contributed by atoms with van der Waals surface area (Å²) in [6.07, 6.45) is 0.0929. The number of carbonyl (C=O) groups is 3. The average molecular weight is 919 g/mol. The Kier molecular flexibility index (Phi) is 13.0. The lowest BCUT2D eigenvalue weighted by atomic mass is 9.90. The molecule has 17 nitrogen and oxygen atoms in total. The summed E-state index contributed by atoms with van der Waals surface area (Å²) in [4.78, 5) is 55.2. The first-order chi connectivity index (χ1) is 31.8. The quantitative estimate of drug-likeness (QED) is 0.129. The predicted molar refractivity (Wildman–Crippen MR) is 249 cm³/mol. The number of nitrogens with zero attached hydrogens (tertiary/aromatic N) is 8. The highest BCUT2D eigenvalue weighted by Gasteiger charge is 2.44. The Bertz CT molecular complexity index is 2550. The number of hydrogen-bond acceptors (Lipinski definition) is 15. The molecule has 0 saturated carbocycles. The average Bonchev–Trinajstić information content (AvgIpc) is 4.07. The highest BCUT2D eigenvalue weighted by Crippen LogP contribution is 2.38. The molecule has 4 aliphatic heterocycles. The zero-order valence-corrected chi connectivity index (χ0v) is 38.8. The standard InChI is InChI=1S/C48H58N10O7S/c1-27(2)44(48(63)58-24-34(59)18-39(58)47(62)51-29(4)31-10-12-32(13-11-31)45-30(5)50-26-66-45)41-20-42(54-65-41)64-25-43(61)56-15-14-37(28(3)22-56)55-16-17-57-33(23-55)21-49-46-38(57)19-36(52-53-46)35-8-6-7-9-40(35)60/h6-13,19-20,26-29,33-34,37,39,44,59-60H,14-18,21-25H2,1-5H3,(H,49,53)(H,51,62)/t28-,29-,33+,34+,37-,39-,44+/m0/s1. The van der Waals surface area contributed by atoms with Crippen LogP contribution in [0.15, 0.2) is 70.7 Å². The van der Waals surface area contributed by atoms with Crippen LogP contribution in [0.5, 0.6) is 11.6 Å². The Morgan fingerprint density at radius 3 is 2.56 bits per heavy atom. The fourth-order valence-electron chi connectivity index (χ4n) is 10.2. The highest BCUT2D eigenvalue weighted by molar-refractivity contribution is 7.13. The summed E-state index contributed by atoms with van der Waals surface area (Å²) in [6, 6.07) is 18.0. The Labute approximate surface area is 388 Å². The second-order valence-corrected chi connectivity index (χ2v) is 19.3. The molecule has 3 amide bonds. The molecule has 3 aromatic heterocycles. The molecule has 66 heavy (non-hydrogen) atoms. The van der Waals surface area contributed by atoms with Crippen LogP contribution in [-0.2, 0) is 14.4 Å². The predicted octanol–water partition coefficient (Wildman–Crippen LogP) is 5.08. The monoisotopic (exact) mass is 918 g/mol. The largest absolute Gasteiger partial charge is 0.507 e. The summed E-state index contributed by atoms with van der Waals surface area (Å²) < 4.78 is 11.5. The molecule has 3 fully saturated rings. The number of aromatic nitrogens is 4. The van der Waals surface area contributed by atoms with E-state index in [0.29, 0.717) is 30.4 Å². The van der Waals surface area contributed by atoms with Gasteiger partial charge in [-0.2, -0.15) is 0 Å². The van der Waals surface area contributed by atoms with Crippen LogP contribution in [0.4, 0.5) is 11.5 Å². The number of aliphatic hydroxyl groups excluding tert-OH is 1. The van der Waals surface area contributed by atoms with Crippen molar-refractivity contribution in [3.05, 3.63) is 83.2 Å². The number of rotatable bonds is 12. The number of aromatic hydroxyl groups is 1. The first-order valence-electron chi connectivity index (χ1n) is 22.9. The van der Waals surface area contributed by atoms with E-state index >= 15 is 0 Å². The van der Waals surface area contributed by atoms with E-state index in [9.17, 15) is 24.6 Å². The number of likely N-dealkylation sites (tertiary alicyclic amines) is 2. The van der Waals surface area contributed by atoms with Crippen LogP contribution in [0.3, 0.4) is 0 Å². The van der Waals surface area contributed by atoms with Gasteiger partial charge in [-0.05, 0) is 66.6 Å². The number of piperidine rings is 1. The van der Waals surface area contributed by atoms with Gasteiger partial charge in [-0.1, -0.05) is 57.2 Å². The molecule has 5 aromatic rings. The van der Waals surface area contributed by atoms with Gasteiger partial charge in [0, 0.05) is 69.9 Å². The van der Waals surface area contributed by atoms with Crippen molar-refractivity contribution in [1.29, 1.82) is 0 Å². The molecule has 0 aliphatic carbocycles. The lowest BCUT2D eigenvalue weighted by Gasteiger charge is -2.50. The highest BCUT2D eigenvalue weighted by atomic mass is 32.1. The molecule has 9 rings (SSSR count). The van der Waals surface area contributed by atoms with Crippen molar-refractivity contribution in [3.8, 4) is 33.3 Å². The van der Waals surface area contributed by atoms with E-state index in [1.165, 1.54) is 4.90 Å². The number of benzene rings is 2. The van der Waals surface area contributed by atoms with Crippen molar-refractivity contribution in [1.82, 2.24) is 40.4 Å². The molecule has 0 spiro atoms. The maximum absolute atomic E-state index is 14.2. The number of fused-ring (bicyclic) bond motifs is 3. The molecule has 7 atom stereocenters. The number of aliphatic hydroxyl groups is 1. The van der Waals surface area contributed by atoms with Gasteiger partial charge in [-0.25, -0.2) is 4.98 Å². The number of carbonyl (C=O) groups excluding carboxylic acids is 3. The fourth-order valence-corrected chi connectivity index (χ4v) is 11.0. The van der Waals surface area contributed by atoms with E-state index in [1.54, 1.807) is 29.5 Å². The Morgan fingerprint density at radius 2 is 1.82 bits per heavy atom. The molecule has 348 valence electrons. The number of ether oxygens (including phenoxy) is 1. The maximum atomic E-state index is 14.2. The van der Waals surface area contributed by atoms with E-state index in [-0.39, 0.29) is 78.6 Å². The van der Waals surface area contributed by atoms with E-state index < -0.39 is 18.1 Å². The van der Waals surface area contributed by atoms with Crippen LogP contribution in [0, 0.1) is 18.8 Å². The van der Waals surface area contributed by atoms with Gasteiger partial charge in [0.25, 0.3) is 11.8 Å². The van der Waals surface area contributed by atoms with Gasteiger partial charge in [0.1, 0.15) is 17.7 Å². The van der Waals surface area contributed by atoms with Crippen LogP contribution in [0.25, 0.3) is 21.7 Å². The Morgan fingerprint density at radius 1 is 1.02 bits per heavy atom. The van der Waals surface area contributed by atoms with E-state index in [4.69, 9.17) is 9.26 Å². The summed E-state index contributed by atoms with van der Waals surface area (Å²) in [5, 5.41) is 40.6. The summed E-state index contributed by atoms with van der Waals surface area (Å²) >= 11 is 1.58. The van der Waals surface area contributed by atoms with Crippen molar-refractivity contribution in [2.24, 2.45) is 11.8 Å². The lowest BCUT2D eigenvalue weighted by molar-refractivity contribution is -0.141. The third-order valence-electron chi connectivity index (χ3n) is 13.7. The zero-order valence-electron chi connectivity index (χ0n) is 38.0. The van der Waals surface area contributed by atoms with E-state index in [0.717, 1.165) is 65.8 Å². The first-order valence-corrected chi connectivity index (χ1v) is 23.8. The van der Waals surface area contributed by atoms with E-state index in [2.05, 4.69) is 47.7 Å². The van der Waals surface area contributed by atoms with Crippen LogP contribution >= 0.6 is 11.3 Å². The number of thiazole rings is 1. The SMILES string of the molecule is Cc1ncsc1-c1ccc([C@H](C)NC(=O)[C@@H]2C[C@@H](O)CN2C(=O)[C@@H](c2cc(OCC(=O)N3CC[C@H](N4CCN5c6cc(-c7ccccc7O)nnc6NC[C@@H]5C4)[C@@H](C)C3)no2)C(C)C)cc1. The van der Waals surface area contributed by atoms with Crippen LogP contribution in [0.1, 0.15) is 69.5 Å². The molecular weight excluding hydrogens is 861 g/mol. The molecule has 4 N–H and O–H groups in total. The maximum Gasteiger partial charge on any atom is 0.260 e. The number of hydrogen-bond donors (Lipinski definition) is 4. The molecule has 0 unspecified atom stereocenters. The first kappa shape index (κ1) is 45.1. The smallest absolute Gasteiger partial charge is 0.260 e. The number of phenols is 1. The third-order valence-corrected chi connectivity index (χ3v) is 14.7. The number of amides is 3. The Hall–Kier alpha value is -6.11. The van der Waals surface area contributed by atoms with Gasteiger partial charge in [-0.3, -0.25) is 19.3 Å². The Balaban J connectivity index is 0.768. The topological polar surface area (TPSA) is 203 Å². The summed E-state index contributed by atoms with van der Waals surface area (Å²) in [5.41, 5.74) is 7.03. The van der Waals surface area contributed by atoms with Crippen molar-refractivity contribution in [2.45, 2.75) is 83.6 Å². The van der Waals surface area contributed by atoms with Crippen molar-refractivity contribution < 1.29 is 33.9 Å². The molecule has 18 heteroatoms. The van der Waals surface area contributed by atoms with E-state index in [1.807, 2.05) is 80.6 Å². The second kappa shape index (κ2) is 19.0. The number of β-amino-alcohol motifs (C(OH)–C–C–N with tert-alkyl or cyclic N) is 1. The molecule has 3 saturated heterocycles. The van der Waals surface area contributed by atoms with Crippen molar-refractivity contribution >= 4 is 40.6 Å². The number of nitrogens with one attached hydrogen (secondary N) is 2. The zero-order chi connectivity index (χ0) is 46.2.